The van der Waals surface area contributed by atoms with Gasteiger partial charge in [0.1, 0.15) is 11.6 Å². The SMILES string of the molecule is COc1ccc(C(C)C)cc1-c1cnc2ccc(NC3CCC(O)CC3)nn12. The highest BCUT2D eigenvalue weighted by Gasteiger charge is 2.20. The van der Waals surface area contributed by atoms with E-state index in [1.54, 1.807) is 7.11 Å². The number of nitrogens with zero attached hydrogens (tertiary/aromatic N) is 3. The molecule has 1 aliphatic carbocycles. The zero-order chi connectivity index (χ0) is 19.7. The van der Waals surface area contributed by atoms with Crippen molar-refractivity contribution < 1.29 is 9.84 Å². The number of ether oxygens (including phenoxy) is 1. The fraction of sp³-hybridized carbons (Fsp3) is 0.455. The van der Waals surface area contributed by atoms with Crippen molar-refractivity contribution in [2.45, 2.75) is 57.6 Å². The Balaban J connectivity index is 1.70. The van der Waals surface area contributed by atoms with Gasteiger partial charge in [0, 0.05) is 11.6 Å². The summed E-state index contributed by atoms with van der Waals surface area (Å²) >= 11 is 0. The van der Waals surface area contributed by atoms with Crippen molar-refractivity contribution in [3.63, 3.8) is 0 Å². The van der Waals surface area contributed by atoms with Gasteiger partial charge in [-0.05, 0) is 61.4 Å². The molecule has 148 valence electrons. The minimum Gasteiger partial charge on any atom is -0.496 e. The Morgan fingerprint density at radius 2 is 1.93 bits per heavy atom. The minimum absolute atomic E-state index is 0.158. The molecular formula is C22H28N4O2. The van der Waals surface area contributed by atoms with Gasteiger partial charge in [-0.1, -0.05) is 19.9 Å². The number of benzene rings is 1. The fourth-order valence-corrected chi connectivity index (χ4v) is 3.85. The second kappa shape index (κ2) is 7.80. The minimum atomic E-state index is -0.158. The molecule has 0 atom stereocenters. The number of aromatic nitrogens is 3. The summed E-state index contributed by atoms with van der Waals surface area (Å²) in [4.78, 5) is 4.53. The average molecular weight is 380 g/mol. The van der Waals surface area contributed by atoms with Crippen LogP contribution in [-0.2, 0) is 0 Å². The van der Waals surface area contributed by atoms with E-state index in [1.807, 2.05) is 28.9 Å². The number of methoxy groups -OCH3 is 1. The summed E-state index contributed by atoms with van der Waals surface area (Å²) in [6.07, 6.45) is 5.30. The summed E-state index contributed by atoms with van der Waals surface area (Å²) < 4.78 is 7.48. The molecule has 0 saturated heterocycles. The van der Waals surface area contributed by atoms with E-state index in [-0.39, 0.29) is 6.10 Å². The Labute approximate surface area is 165 Å². The topological polar surface area (TPSA) is 71.7 Å². The van der Waals surface area contributed by atoms with Crippen LogP contribution in [-0.4, -0.2) is 39.0 Å². The molecule has 1 aromatic carbocycles. The van der Waals surface area contributed by atoms with Crippen LogP contribution in [0.15, 0.2) is 36.5 Å². The molecule has 2 heterocycles. The number of fused-ring (bicyclic) bond motifs is 1. The predicted molar refractivity (Wildman–Crippen MR) is 111 cm³/mol. The van der Waals surface area contributed by atoms with Crippen LogP contribution in [0.4, 0.5) is 5.82 Å². The third-order valence-electron chi connectivity index (χ3n) is 5.58. The van der Waals surface area contributed by atoms with E-state index in [2.05, 4.69) is 36.3 Å². The fourth-order valence-electron chi connectivity index (χ4n) is 3.85. The number of aliphatic hydroxyl groups excluding tert-OH is 1. The van der Waals surface area contributed by atoms with Gasteiger partial charge in [0.25, 0.3) is 0 Å². The smallest absolute Gasteiger partial charge is 0.154 e. The number of anilines is 1. The van der Waals surface area contributed by atoms with E-state index in [0.717, 1.165) is 54.2 Å². The molecule has 1 aliphatic rings. The lowest BCUT2D eigenvalue weighted by Gasteiger charge is -2.26. The lowest BCUT2D eigenvalue weighted by molar-refractivity contribution is 0.126. The highest BCUT2D eigenvalue weighted by molar-refractivity contribution is 5.71. The maximum absolute atomic E-state index is 9.71. The number of imidazole rings is 1. The summed E-state index contributed by atoms with van der Waals surface area (Å²) in [6.45, 7) is 4.36. The number of hydrogen-bond acceptors (Lipinski definition) is 5. The first-order chi connectivity index (χ1) is 13.5. The van der Waals surface area contributed by atoms with Crippen molar-refractivity contribution in [1.82, 2.24) is 14.6 Å². The highest BCUT2D eigenvalue weighted by Crippen LogP contribution is 2.33. The Kier molecular flexibility index (Phi) is 5.22. The predicted octanol–water partition coefficient (Wildman–Crippen LogP) is 4.24. The summed E-state index contributed by atoms with van der Waals surface area (Å²) in [5, 5.41) is 18.0. The first kappa shape index (κ1) is 18.7. The Morgan fingerprint density at radius 3 is 2.64 bits per heavy atom. The van der Waals surface area contributed by atoms with Crippen LogP contribution in [0.1, 0.15) is 51.0 Å². The second-order valence-electron chi connectivity index (χ2n) is 7.90. The lowest BCUT2D eigenvalue weighted by Crippen LogP contribution is -2.28. The third-order valence-corrected chi connectivity index (χ3v) is 5.58. The van der Waals surface area contributed by atoms with Crippen LogP contribution in [0.3, 0.4) is 0 Å². The van der Waals surface area contributed by atoms with Gasteiger partial charge in [0.15, 0.2) is 5.65 Å². The molecule has 0 bridgehead atoms. The molecular weight excluding hydrogens is 352 g/mol. The van der Waals surface area contributed by atoms with Crippen molar-refractivity contribution in [2.24, 2.45) is 0 Å². The van der Waals surface area contributed by atoms with E-state index < -0.39 is 0 Å². The van der Waals surface area contributed by atoms with Gasteiger partial charge in [-0.3, -0.25) is 0 Å². The van der Waals surface area contributed by atoms with Gasteiger partial charge in [0.05, 0.1) is 25.1 Å². The van der Waals surface area contributed by atoms with Gasteiger partial charge >= 0.3 is 0 Å². The normalized spacial score (nSPS) is 19.9. The Bertz CT molecular complexity index is 958. The van der Waals surface area contributed by atoms with Crippen LogP contribution in [0.2, 0.25) is 0 Å². The van der Waals surface area contributed by atoms with E-state index in [1.165, 1.54) is 5.56 Å². The van der Waals surface area contributed by atoms with Gasteiger partial charge in [-0.15, -0.1) is 5.10 Å². The molecule has 0 spiro atoms. The number of rotatable bonds is 5. The molecule has 6 nitrogen and oxygen atoms in total. The summed E-state index contributed by atoms with van der Waals surface area (Å²) in [7, 11) is 1.69. The zero-order valence-corrected chi connectivity index (χ0v) is 16.7. The van der Waals surface area contributed by atoms with Gasteiger partial charge < -0.3 is 15.2 Å². The van der Waals surface area contributed by atoms with Crippen LogP contribution in [0, 0.1) is 0 Å². The summed E-state index contributed by atoms with van der Waals surface area (Å²) in [5.41, 5.74) is 3.96. The molecule has 1 fully saturated rings. The van der Waals surface area contributed by atoms with Gasteiger partial charge in [0.2, 0.25) is 0 Å². The number of aliphatic hydroxyl groups is 1. The molecule has 3 aromatic rings. The molecule has 28 heavy (non-hydrogen) atoms. The molecule has 2 aromatic heterocycles. The van der Waals surface area contributed by atoms with Gasteiger partial charge in [-0.2, -0.15) is 0 Å². The Morgan fingerprint density at radius 1 is 1.14 bits per heavy atom. The summed E-state index contributed by atoms with van der Waals surface area (Å²) in [5.74, 6) is 2.07. The molecule has 0 amide bonds. The first-order valence-electron chi connectivity index (χ1n) is 10.0. The van der Waals surface area contributed by atoms with Crippen molar-refractivity contribution >= 4 is 11.5 Å². The van der Waals surface area contributed by atoms with Crippen LogP contribution < -0.4 is 10.1 Å². The van der Waals surface area contributed by atoms with E-state index >= 15 is 0 Å². The summed E-state index contributed by atoms with van der Waals surface area (Å²) in [6, 6.07) is 10.6. The standard InChI is InChI=1S/C22H28N4O2/c1-14(2)15-4-9-20(28-3)18(12-15)19-13-23-22-11-10-21(25-26(19)22)24-16-5-7-17(27)8-6-16/h4,9-14,16-17,27H,5-8H2,1-3H3,(H,24,25). The monoisotopic (exact) mass is 380 g/mol. The third kappa shape index (κ3) is 3.69. The van der Waals surface area contributed by atoms with E-state index in [4.69, 9.17) is 9.84 Å². The highest BCUT2D eigenvalue weighted by atomic mass is 16.5. The van der Waals surface area contributed by atoms with Crippen molar-refractivity contribution in [3.05, 3.63) is 42.1 Å². The molecule has 0 radical (unpaired) electrons. The Hall–Kier alpha value is -2.60. The molecule has 0 aliphatic heterocycles. The lowest BCUT2D eigenvalue weighted by atomic mass is 9.93. The quantitative estimate of drug-likeness (QED) is 0.693. The van der Waals surface area contributed by atoms with E-state index in [0.29, 0.717) is 12.0 Å². The largest absolute Gasteiger partial charge is 0.496 e. The van der Waals surface area contributed by atoms with Crippen LogP contribution >= 0.6 is 0 Å². The molecule has 0 unspecified atom stereocenters. The van der Waals surface area contributed by atoms with Crippen LogP contribution in [0.25, 0.3) is 16.9 Å². The van der Waals surface area contributed by atoms with Crippen molar-refractivity contribution in [3.8, 4) is 17.0 Å². The second-order valence-corrected chi connectivity index (χ2v) is 7.90. The van der Waals surface area contributed by atoms with Crippen molar-refractivity contribution in [1.29, 1.82) is 0 Å². The zero-order valence-electron chi connectivity index (χ0n) is 16.7. The first-order valence-corrected chi connectivity index (χ1v) is 10.0. The van der Waals surface area contributed by atoms with Crippen molar-refractivity contribution in [2.75, 3.05) is 12.4 Å². The maximum Gasteiger partial charge on any atom is 0.154 e. The average Bonchev–Trinajstić information content (AvgIpc) is 3.12. The van der Waals surface area contributed by atoms with Crippen LogP contribution in [0.5, 0.6) is 5.75 Å². The molecule has 2 N–H and O–H groups in total. The van der Waals surface area contributed by atoms with Gasteiger partial charge in [-0.25, -0.2) is 9.50 Å². The molecule has 4 rings (SSSR count). The van der Waals surface area contributed by atoms with E-state index in [9.17, 15) is 5.11 Å². The number of hydrogen-bond donors (Lipinski definition) is 2. The number of nitrogens with one attached hydrogen (secondary N) is 1. The maximum atomic E-state index is 9.71. The molecule has 1 saturated carbocycles. The molecule has 6 heteroatoms.